The number of rotatable bonds is 6. The van der Waals surface area contributed by atoms with E-state index in [-0.39, 0.29) is 18.0 Å². The predicted molar refractivity (Wildman–Crippen MR) is 130 cm³/mol. The van der Waals surface area contributed by atoms with E-state index >= 15 is 0 Å². The van der Waals surface area contributed by atoms with Gasteiger partial charge in [-0.1, -0.05) is 29.8 Å². The zero-order valence-electron chi connectivity index (χ0n) is 18.1. The second-order valence-electron chi connectivity index (χ2n) is 8.07. The van der Waals surface area contributed by atoms with Crippen LogP contribution in [-0.4, -0.2) is 29.5 Å². The lowest BCUT2D eigenvalue weighted by molar-refractivity contribution is 0.0996. The van der Waals surface area contributed by atoms with Gasteiger partial charge in [0.1, 0.15) is 0 Å². The predicted octanol–water partition coefficient (Wildman–Crippen LogP) is 3.89. The summed E-state index contributed by atoms with van der Waals surface area (Å²) in [4.78, 5) is 39.4. The Morgan fingerprint density at radius 1 is 0.970 bits per heavy atom. The zero-order chi connectivity index (χ0) is 23.4. The Morgan fingerprint density at radius 2 is 1.70 bits per heavy atom. The van der Waals surface area contributed by atoms with Crippen LogP contribution in [0.15, 0.2) is 65.6 Å². The number of carbonyl (C=O) groups is 2. The highest BCUT2D eigenvalue weighted by molar-refractivity contribution is 6.31. The average Bonchev–Trinajstić information content (AvgIpc) is 2.82. The summed E-state index contributed by atoms with van der Waals surface area (Å²) in [6, 6.07) is 15.2. The summed E-state index contributed by atoms with van der Waals surface area (Å²) < 4.78 is 1.45. The van der Waals surface area contributed by atoms with E-state index < -0.39 is 5.91 Å². The Morgan fingerprint density at radius 3 is 2.42 bits per heavy atom. The zero-order valence-corrected chi connectivity index (χ0v) is 18.8. The van der Waals surface area contributed by atoms with Crippen molar-refractivity contribution in [1.29, 1.82) is 0 Å². The van der Waals surface area contributed by atoms with Crippen LogP contribution in [0, 0.1) is 0 Å². The number of aromatic nitrogens is 1. The van der Waals surface area contributed by atoms with Gasteiger partial charge in [-0.3, -0.25) is 14.4 Å². The monoisotopic (exact) mass is 464 g/mol. The minimum absolute atomic E-state index is 0.240. The van der Waals surface area contributed by atoms with Crippen molar-refractivity contribution in [1.82, 2.24) is 4.57 Å². The molecule has 0 saturated carbocycles. The number of hydrogen-bond donors (Lipinski definition) is 2. The lowest BCUT2D eigenvalue weighted by Crippen LogP contribution is -2.31. The van der Waals surface area contributed by atoms with Gasteiger partial charge in [-0.15, -0.1) is 0 Å². The van der Waals surface area contributed by atoms with Crippen molar-refractivity contribution in [3.8, 4) is 0 Å². The Hall–Kier alpha value is -3.58. The van der Waals surface area contributed by atoms with Crippen molar-refractivity contribution in [2.24, 2.45) is 5.73 Å². The molecular weight excluding hydrogens is 440 g/mol. The SMILES string of the molecule is NC(=O)c1ccc(N2CCCCC2)c(NC(=O)c2ccc(=O)n(Cc3ccccc3Cl)c2)c1. The molecule has 3 N–H and O–H groups in total. The molecule has 1 aromatic heterocycles. The molecule has 8 heteroatoms. The maximum absolute atomic E-state index is 13.1. The lowest BCUT2D eigenvalue weighted by Gasteiger charge is -2.30. The van der Waals surface area contributed by atoms with Gasteiger partial charge >= 0.3 is 0 Å². The number of nitrogens with zero attached hydrogens (tertiary/aromatic N) is 2. The molecule has 0 atom stereocenters. The summed E-state index contributed by atoms with van der Waals surface area (Å²) in [7, 11) is 0. The van der Waals surface area contributed by atoms with E-state index in [0.29, 0.717) is 21.8 Å². The fourth-order valence-electron chi connectivity index (χ4n) is 3.99. The van der Waals surface area contributed by atoms with E-state index in [2.05, 4.69) is 10.2 Å². The first-order valence-electron chi connectivity index (χ1n) is 10.9. The van der Waals surface area contributed by atoms with Gasteiger partial charge < -0.3 is 20.5 Å². The molecular formula is C25H25ClN4O3. The lowest BCUT2D eigenvalue weighted by atomic mass is 10.1. The minimum Gasteiger partial charge on any atom is -0.370 e. The van der Waals surface area contributed by atoms with Crippen molar-refractivity contribution < 1.29 is 9.59 Å². The van der Waals surface area contributed by atoms with Gasteiger partial charge in [0.15, 0.2) is 0 Å². The van der Waals surface area contributed by atoms with Crippen molar-refractivity contribution in [3.05, 3.63) is 92.9 Å². The van der Waals surface area contributed by atoms with Crippen LogP contribution in [0.2, 0.25) is 5.02 Å². The number of halogens is 1. The van der Waals surface area contributed by atoms with E-state index in [1.54, 1.807) is 18.2 Å². The Labute approximate surface area is 196 Å². The van der Waals surface area contributed by atoms with E-state index in [1.165, 1.54) is 29.3 Å². The van der Waals surface area contributed by atoms with Crippen molar-refractivity contribution in [2.75, 3.05) is 23.3 Å². The molecule has 7 nitrogen and oxygen atoms in total. The summed E-state index contributed by atoms with van der Waals surface area (Å²) >= 11 is 6.23. The number of primary amides is 1. The molecule has 1 fully saturated rings. The second kappa shape index (κ2) is 9.92. The molecule has 170 valence electrons. The van der Waals surface area contributed by atoms with Crippen molar-refractivity contribution in [2.45, 2.75) is 25.8 Å². The first-order chi connectivity index (χ1) is 15.9. The quantitative estimate of drug-likeness (QED) is 0.578. The number of amides is 2. The number of nitrogens with two attached hydrogens (primary N) is 1. The third-order valence-electron chi connectivity index (χ3n) is 5.77. The van der Waals surface area contributed by atoms with Crippen molar-refractivity contribution >= 4 is 34.8 Å². The number of nitrogens with one attached hydrogen (secondary N) is 1. The highest BCUT2D eigenvalue weighted by atomic mass is 35.5. The molecule has 3 aromatic rings. The number of benzene rings is 2. The molecule has 1 aliphatic heterocycles. The number of anilines is 2. The summed E-state index contributed by atoms with van der Waals surface area (Å²) in [6.45, 7) is 2.00. The Balaban J connectivity index is 1.62. The first kappa shape index (κ1) is 22.6. The fourth-order valence-corrected chi connectivity index (χ4v) is 4.19. The molecule has 33 heavy (non-hydrogen) atoms. The molecule has 0 radical (unpaired) electrons. The standard InChI is InChI=1S/C25H25ClN4O3/c26-20-7-3-2-6-18(20)15-30-16-19(9-11-23(30)31)25(33)28-21-14-17(24(27)32)8-10-22(21)29-12-4-1-5-13-29/h2-3,6-11,14,16H,1,4-5,12-13,15H2,(H2,27,32)(H,28,33). The largest absolute Gasteiger partial charge is 0.370 e. The van der Waals surface area contributed by atoms with Gasteiger partial charge in [0.05, 0.1) is 23.5 Å². The van der Waals surface area contributed by atoms with Crippen LogP contribution in [0.1, 0.15) is 45.5 Å². The van der Waals surface area contributed by atoms with Crippen LogP contribution in [0.4, 0.5) is 11.4 Å². The summed E-state index contributed by atoms with van der Waals surface area (Å²) in [5.74, 6) is -0.952. The molecule has 0 bridgehead atoms. The van der Waals surface area contributed by atoms with Crippen molar-refractivity contribution in [3.63, 3.8) is 0 Å². The maximum atomic E-state index is 13.1. The van der Waals surface area contributed by atoms with E-state index in [9.17, 15) is 14.4 Å². The van der Waals surface area contributed by atoms with E-state index in [0.717, 1.165) is 37.2 Å². The summed E-state index contributed by atoms with van der Waals surface area (Å²) in [5, 5.41) is 3.46. The van der Waals surface area contributed by atoms with Gasteiger partial charge in [0.25, 0.3) is 11.5 Å². The normalized spacial score (nSPS) is 13.5. The van der Waals surface area contributed by atoms with Gasteiger partial charge in [0.2, 0.25) is 5.91 Å². The van der Waals surface area contributed by atoms with Gasteiger partial charge in [-0.05, 0) is 55.2 Å². The highest BCUT2D eigenvalue weighted by Crippen LogP contribution is 2.30. The third-order valence-corrected chi connectivity index (χ3v) is 6.14. The summed E-state index contributed by atoms with van der Waals surface area (Å²) in [5.41, 5.74) is 7.99. The number of pyridine rings is 1. The van der Waals surface area contributed by atoms with Crippen LogP contribution in [0.5, 0.6) is 0 Å². The highest BCUT2D eigenvalue weighted by Gasteiger charge is 2.18. The Kier molecular flexibility index (Phi) is 6.79. The molecule has 2 aromatic carbocycles. The topological polar surface area (TPSA) is 97.4 Å². The van der Waals surface area contributed by atoms with Crippen LogP contribution in [0.3, 0.4) is 0 Å². The van der Waals surface area contributed by atoms with Crippen LogP contribution < -0.4 is 21.5 Å². The number of piperidine rings is 1. The molecule has 0 aliphatic carbocycles. The van der Waals surface area contributed by atoms with E-state index in [4.69, 9.17) is 17.3 Å². The van der Waals surface area contributed by atoms with Crippen LogP contribution in [0.25, 0.3) is 0 Å². The molecule has 1 aliphatic rings. The molecule has 4 rings (SSSR count). The molecule has 2 heterocycles. The van der Waals surface area contributed by atoms with E-state index in [1.807, 2.05) is 24.3 Å². The molecule has 0 spiro atoms. The molecule has 1 saturated heterocycles. The molecule has 0 unspecified atom stereocenters. The fraction of sp³-hybridized carbons (Fsp3) is 0.240. The second-order valence-corrected chi connectivity index (χ2v) is 8.48. The third kappa shape index (κ3) is 5.26. The van der Waals surface area contributed by atoms with Gasteiger partial charge in [-0.25, -0.2) is 0 Å². The van der Waals surface area contributed by atoms with Crippen LogP contribution >= 0.6 is 11.6 Å². The van der Waals surface area contributed by atoms with Crippen LogP contribution in [-0.2, 0) is 6.54 Å². The Bertz CT molecular complexity index is 1250. The molecule has 2 amide bonds. The minimum atomic E-state index is -0.566. The van der Waals surface area contributed by atoms with Gasteiger partial charge in [0, 0.05) is 35.9 Å². The number of hydrogen-bond acceptors (Lipinski definition) is 4. The smallest absolute Gasteiger partial charge is 0.257 e. The first-order valence-corrected chi connectivity index (χ1v) is 11.2. The van der Waals surface area contributed by atoms with Gasteiger partial charge in [-0.2, -0.15) is 0 Å². The maximum Gasteiger partial charge on any atom is 0.257 e. The summed E-state index contributed by atoms with van der Waals surface area (Å²) in [6.07, 6.45) is 4.82. The number of carbonyl (C=O) groups excluding carboxylic acids is 2. The average molecular weight is 465 g/mol.